The first-order valence-electron chi connectivity index (χ1n) is 12.1. The Morgan fingerprint density at radius 2 is 1.83 bits per heavy atom. The normalized spacial score (nSPS) is 31.9. The Kier molecular flexibility index (Phi) is 5.10. The molecule has 2 bridgehead atoms. The lowest BCUT2D eigenvalue weighted by Crippen LogP contribution is -2.42. The van der Waals surface area contributed by atoms with Gasteiger partial charge in [-0.05, 0) is 66.8 Å². The van der Waals surface area contributed by atoms with Crippen LogP contribution in [-0.2, 0) is 14.3 Å². The second-order valence-corrected chi connectivity index (χ2v) is 12.9. The van der Waals surface area contributed by atoms with Crippen LogP contribution in [0, 0.1) is 29.6 Å². The number of rotatable bonds is 4. The highest BCUT2D eigenvalue weighted by molar-refractivity contribution is 8.00. The van der Waals surface area contributed by atoms with E-state index in [0.29, 0.717) is 11.3 Å². The van der Waals surface area contributed by atoms with E-state index in [9.17, 15) is 19.2 Å². The number of hydrogen-bond acceptors (Lipinski definition) is 8. The molecule has 2 amide bonds. The van der Waals surface area contributed by atoms with Gasteiger partial charge in [0.05, 0.1) is 34.7 Å². The van der Waals surface area contributed by atoms with E-state index in [-0.39, 0.29) is 64.1 Å². The summed E-state index contributed by atoms with van der Waals surface area (Å²) in [5.74, 6) is -0.909. The highest BCUT2D eigenvalue weighted by Crippen LogP contribution is 2.68. The van der Waals surface area contributed by atoms with Crippen molar-refractivity contribution >= 4 is 57.9 Å². The van der Waals surface area contributed by atoms with Gasteiger partial charge in [-0.1, -0.05) is 17.4 Å². The molecule has 36 heavy (non-hydrogen) atoms. The van der Waals surface area contributed by atoms with E-state index < -0.39 is 5.97 Å². The van der Waals surface area contributed by atoms with Crippen LogP contribution in [-0.4, -0.2) is 34.6 Å². The predicted molar refractivity (Wildman–Crippen MR) is 138 cm³/mol. The number of ether oxygens (including phenoxy) is 1. The first kappa shape index (κ1) is 22.5. The molecule has 1 N–H and O–H groups in total. The number of thiophene rings is 1. The third kappa shape index (κ3) is 3.04. The number of thiazole rings is 1. The summed E-state index contributed by atoms with van der Waals surface area (Å²) in [5.41, 5.74) is 0.891. The predicted octanol–water partition coefficient (Wildman–Crippen LogP) is 4.35. The zero-order valence-corrected chi connectivity index (χ0v) is 21.7. The van der Waals surface area contributed by atoms with Gasteiger partial charge in [-0.25, -0.2) is 4.79 Å². The fourth-order valence-corrected chi connectivity index (χ4v) is 10.9. The average molecular weight is 539 g/mol. The van der Waals surface area contributed by atoms with Crippen LogP contribution in [0.1, 0.15) is 39.4 Å². The molecule has 7 nitrogen and oxygen atoms in total. The number of anilines is 1. The Morgan fingerprint density at radius 1 is 1.08 bits per heavy atom. The van der Waals surface area contributed by atoms with E-state index in [1.165, 1.54) is 21.1 Å². The molecule has 4 aliphatic rings. The van der Waals surface area contributed by atoms with Crippen molar-refractivity contribution in [2.24, 2.45) is 29.6 Å². The summed E-state index contributed by atoms with van der Waals surface area (Å²) in [5, 5.41) is 3.17. The van der Waals surface area contributed by atoms with Crippen molar-refractivity contribution in [3.63, 3.8) is 0 Å². The van der Waals surface area contributed by atoms with Gasteiger partial charge < -0.3 is 9.72 Å². The Morgan fingerprint density at radius 3 is 2.53 bits per heavy atom. The Balaban J connectivity index is 1.24. The summed E-state index contributed by atoms with van der Waals surface area (Å²) in [6.07, 6.45) is 0.867. The smallest absolute Gasteiger partial charge is 0.338 e. The maximum absolute atomic E-state index is 13.8. The van der Waals surface area contributed by atoms with Gasteiger partial charge in [0, 0.05) is 20.9 Å². The van der Waals surface area contributed by atoms with Crippen LogP contribution in [0.25, 0.3) is 0 Å². The van der Waals surface area contributed by atoms with E-state index in [0.717, 1.165) is 16.3 Å². The largest absolute Gasteiger partial charge is 0.462 e. The summed E-state index contributed by atoms with van der Waals surface area (Å²) in [7, 11) is 0. The van der Waals surface area contributed by atoms with Crippen LogP contribution >= 0.6 is 34.4 Å². The highest BCUT2D eigenvalue weighted by atomic mass is 32.2. The van der Waals surface area contributed by atoms with Crippen molar-refractivity contribution in [3.05, 3.63) is 66.8 Å². The zero-order chi connectivity index (χ0) is 24.7. The molecule has 3 aromatic rings. The van der Waals surface area contributed by atoms with Crippen LogP contribution in [0.2, 0.25) is 0 Å². The molecule has 0 radical (unpaired) electrons. The summed E-state index contributed by atoms with van der Waals surface area (Å²) < 4.78 is 5.05. The third-order valence-electron chi connectivity index (χ3n) is 8.21. The minimum Gasteiger partial charge on any atom is -0.462 e. The molecule has 6 unspecified atom stereocenters. The van der Waals surface area contributed by atoms with Gasteiger partial charge in [0.25, 0.3) is 0 Å². The summed E-state index contributed by atoms with van der Waals surface area (Å²) in [6, 6.07) is 10.7. The van der Waals surface area contributed by atoms with Crippen LogP contribution in [0.15, 0.2) is 51.6 Å². The number of nitrogens with one attached hydrogen (secondary N) is 1. The molecule has 10 heteroatoms. The topological polar surface area (TPSA) is 96.5 Å². The van der Waals surface area contributed by atoms with Crippen molar-refractivity contribution < 1.29 is 19.1 Å². The molecule has 2 aliphatic heterocycles. The van der Waals surface area contributed by atoms with Crippen LogP contribution < -0.4 is 9.77 Å². The lowest BCUT2D eigenvalue weighted by molar-refractivity contribution is -0.123. The minimum absolute atomic E-state index is 0.0498. The molecule has 2 aliphatic carbocycles. The van der Waals surface area contributed by atoms with E-state index in [2.05, 4.69) is 16.4 Å². The Labute approximate surface area is 218 Å². The number of aromatic nitrogens is 1. The monoisotopic (exact) mass is 538 g/mol. The van der Waals surface area contributed by atoms with Crippen LogP contribution in [0.4, 0.5) is 5.69 Å². The first-order chi connectivity index (χ1) is 17.5. The minimum atomic E-state index is -0.427. The van der Waals surface area contributed by atoms with E-state index in [4.69, 9.17) is 4.74 Å². The van der Waals surface area contributed by atoms with Gasteiger partial charge in [0.2, 0.25) is 11.8 Å². The van der Waals surface area contributed by atoms with Crippen LogP contribution in [0.3, 0.4) is 0 Å². The summed E-state index contributed by atoms with van der Waals surface area (Å²) in [4.78, 5) is 58.4. The molecule has 1 saturated heterocycles. The molecular weight excluding hydrogens is 516 g/mol. The lowest BCUT2D eigenvalue weighted by atomic mass is 9.69. The van der Waals surface area contributed by atoms with Gasteiger partial charge in [-0.3, -0.25) is 19.3 Å². The number of thioether (sulfide) groups is 1. The zero-order valence-electron chi connectivity index (χ0n) is 19.2. The maximum Gasteiger partial charge on any atom is 0.338 e. The van der Waals surface area contributed by atoms with Gasteiger partial charge in [-0.15, -0.1) is 23.1 Å². The van der Waals surface area contributed by atoms with Crippen molar-refractivity contribution in [1.82, 2.24) is 4.98 Å². The number of benzene rings is 1. The standard InChI is InChI=1S/C26H22N2O5S3/c1-2-33-25(31)11-5-7-12(8-6-11)28-23(29)17-13-10-14(18(17)24(28)30)20-16(13)19(15-4-3-9-34-15)21-22(35-20)27-26(32)36-21/h3-9,13-14,16-20H,2,10H2,1H3,(H,27,32)/t13?,14?,16?,17?,18?,19-,20?/m1/s1. The number of fused-ring (bicyclic) bond motifs is 9. The van der Waals surface area contributed by atoms with Gasteiger partial charge in [-0.2, -0.15) is 0 Å². The molecule has 2 aromatic heterocycles. The summed E-state index contributed by atoms with van der Waals surface area (Å²) >= 11 is 4.67. The number of H-pyrrole nitrogens is 1. The molecule has 7 atom stereocenters. The SMILES string of the molecule is CCOC(=O)c1ccc(N2C(=O)C3C4CC(C3C2=O)C2C4Sc3[nH]c(=O)sc3[C@@H]2c2cccs2)cc1. The quantitative estimate of drug-likeness (QED) is 0.392. The number of imide groups is 1. The van der Waals surface area contributed by atoms with E-state index in [1.54, 1.807) is 54.3 Å². The average Bonchev–Trinajstić information content (AvgIpc) is 3.67. The molecule has 3 fully saturated rings. The van der Waals surface area contributed by atoms with E-state index >= 15 is 0 Å². The lowest BCUT2D eigenvalue weighted by Gasteiger charge is -2.42. The highest BCUT2D eigenvalue weighted by Gasteiger charge is 2.69. The Hall–Kier alpha value is -2.69. The molecule has 4 heterocycles. The third-order valence-corrected chi connectivity index (χ3v) is 11.8. The molecule has 0 spiro atoms. The van der Waals surface area contributed by atoms with Crippen molar-refractivity contribution in [1.29, 1.82) is 0 Å². The fourth-order valence-electron chi connectivity index (χ4n) is 7.02. The van der Waals surface area contributed by atoms with E-state index in [1.807, 2.05) is 6.07 Å². The number of esters is 1. The number of carbonyl (C=O) groups excluding carboxylic acids is 3. The van der Waals surface area contributed by atoms with Crippen molar-refractivity contribution in [2.75, 3.05) is 11.5 Å². The Bertz CT molecular complexity index is 1440. The fraction of sp³-hybridized carbons (Fsp3) is 0.385. The van der Waals surface area contributed by atoms with Crippen molar-refractivity contribution in [2.45, 2.75) is 29.5 Å². The maximum atomic E-state index is 13.8. The molecular formula is C26H22N2O5S3. The van der Waals surface area contributed by atoms with Crippen molar-refractivity contribution in [3.8, 4) is 0 Å². The molecule has 1 aromatic carbocycles. The number of hydrogen-bond donors (Lipinski definition) is 1. The number of aromatic amines is 1. The van der Waals surface area contributed by atoms with Gasteiger partial charge >= 0.3 is 10.8 Å². The second kappa shape index (κ2) is 8.16. The van der Waals surface area contributed by atoms with Gasteiger partial charge in [0.15, 0.2) is 0 Å². The molecule has 184 valence electrons. The van der Waals surface area contributed by atoms with Gasteiger partial charge in [0.1, 0.15) is 0 Å². The number of amides is 2. The van der Waals surface area contributed by atoms with Crippen LogP contribution in [0.5, 0.6) is 0 Å². The first-order valence-corrected chi connectivity index (χ1v) is 14.6. The molecule has 2 saturated carbocycles. The molecule has 7 rings (SSSR count). The number of nitrogens with zero attached hydrogens (tertiary/aromatic N) is 1. The number of carbonyl (C=O) groups is 3. The second-order valence-electron chi connectivity index (χ2n) is 9.76. The summed E-state index contributed by atoms with van der Waals surface area (Å²) in [6.45, 7) is 2.03.